The highest BCUT2D eigenvalue weighted by Gasteiger charge is 2.28. The van der Waals surface area contributed by atoms with Gasteiger partial charge >= 0.3 is 5.76 Å². The Balaban J connectivity index is 2.98. The molecule has 1 aromatic carbocycles. The molecule has 1 aromatic rings. The smallest absolute Gasteiger partial charge is 0.341 e. The van der Waals surface area contributed by atoms with E-state index in [9.17, 15) is 26.8 Å². The van der Waals surface area contributed by atoms with E-state index in [1.807, 2.05) is 0 Å². The number of hydrogen-bond acceptors (Lipinski definition) is 4. The first-order valence-electron chi connectivity index (χ1n) is 7.12. The quantitative estimate of drug-likeness (QED) is 0.832. The molecular formula is C15H20F2N2O4S. The van der Waals surface area contributed by atoms with Crippen molar-refractivity contribution in [2.24, 2.45) is 5.92 Å². The molecule has 0 fully saturated rings. The Morgan fingerprint density at radius 2 is 1.58 bits per heavy atom. The molecule has 6 nitrogen and oxygen atoms in total. The predicted molar refractivity (Wildman–Crippen MR) is 84.4 cm³/mol. The predicted octanol–water partition coefficient (Wildman–Crippen LogP) is 1.53. The third-order valence-corrected chi connectivity index (χ3v) is 4.74. The molecular weight excluding hydrogens is 342 g/mol. The Bertz CT molecular complexity index is 701. The number of halogens is 2. The third-order valence-electron chi connectivity index (χ3n) is 3.34. The fraction of sp³-hybridized carbons (Fsp3) is 0.467. The monoisotopic (exact) mass is 362 g/mol. The molecule has 24 heavy (non-hydrogen) atoms. The van der Waals surface area contributed by atoms with Gasteiger partial charge in [0.1, 0.15) is 6.04 Å². The highest BCUT2D eigenvalue weighted by atomic mass is 32.2. The lowest BCUT2D eigenvalue weighted by molar-refractivity contribution is -0.131. The summed E-state index contributed by atoms with van der Waals surface area (Å²) in [4.78, 5) is 25.0. The van der Waals surface area contributed by atoms with Gasteiger partial charge in [-0.2, -0.15) is 8.78 Å². The molecule has 0 spiro atoms. The number of nitrogens with zero attached hydrogens (tertiary/aromatic N) is 1. The number of amides is 2. The average molecular weight is 362 g/mol. The van der Waals surface area contributed by atoms with Crippen molar-refractivity contribution in [2.75, 3.05) is 14.1 Å². The molecule has 0 saturated carbocycles. The van der Waals surface area contributed by atoms with Gasteiger partial charge < -0.3 is 10.2 Å². The van der Waals surface area contributed by atoms with Crippen LogP contribution < -0.4 is 5.32 Å². The molecule has 0 radical (unpaired) electrons. The van der Waals surface area contributed by atoms with Crippen molar-refractivity contribution in [1.82, 2.24) is 10.2 Å². The number of rotatable bonds is 6. The molecule has 134 valence electrons. The van der Waals surface area contributed by atoms with Gasteiger partial charge in [-0.15, -0.1) is 0 Å². The minimum Gasteiger partial charge on any atom is -0.347 e. The molecule has 9 heteroatoms. The maximum atomic E-state index is 12.5. The number of likely N-dealkylation sites (N-methyl/N-ethyl adjacent to an activating group) is 1. The molecule has 0 aliphatic carbocycles. The maximum absolute atomic E-state index is 12.5. The number of alkyl halides is 2. The normalized spacial score (nSPS) is 13.0. The number of carbonyl (C=O) groups excluding carboxylic acids is 2. The molecule has 0 unspecified atom stereocenters. The maximum Gasteiger partial charge on any atom is 0.341 e. The summed E-state index contributed by atoms with van der Waals surface area (Å²) in [7, 11) is -1.58. The van der Waals surface area contributed by atoms with E-state index in [0.29, 0.717) is 0 Å². The van der Waals surface area contributed by atoms with Crippen LogP contribution in [0.1, 0.15) is 24.2 Å². The van der Waals surface area contributed by atoms with Crippen molar-refractivity contribution < 1.29 is 26.8 Å². The van der Waals surface area contributed by atoms with Gasteiger partial charge in [-0.1, -0.05) is 13.8 Å². The van der Waals surface area contributed by atoms with Crippen molar-refractivity contribution in [1.29, 1.82) is 0 Å². The van der Waals surface area contributed by atoms with Gasteiger partial charge in [0, 0.05) is 19.7 Å². The molecule has 0 aliphatic rings. The Morgan fingerprint density at radius 3 is 1.96 bits per heavy atom. The molecule has 1 rings (SSSR count). The van der Waals surface area contributed by atoms with Crippen LogP contribution in [0.5, 0.6) is 0 Å². The van der Waals surface area contributed by atoms with Crippen molar-refractivity contribution in [3.8, 4) is 0 Å². The molecule has 1 N–H and O–H groups in total. The standard InChI is InChI=1S/C15H20F2N2O4S/c1-9(2)12(14(21)19(3)4)18-13(20)10-5-7-11(8-6-10)24(22,23)15(16)17/h5-9,12,15H,1-4H3,(H,18,20)/t12-/m1/s1. The van der Waals surface area contributed by atoms with Gasteiger partial charge in [-0.3, -0.25) is 9.59 Å². The lowest BCUT2D eigenvalue weighted by Crippen LogP contribution is -2.49. The summed E-state index contributed by atoms with van der Waals surface area (Å²) in [6, 6.07) is 3.38. The van der Waals surface area contributed by atoms with E-state index in [2.05, 4.69) is 5.32 Å². The van der Waals surface area contributed by atoms with E-state index in [-0.39, 0.29) is 17.4 Å². The fourth-order valence-corrected chi connectivity index (χ4v) is 2.64. The molecule has 0 aromatic heterocycles. The lowest BCUT2D eigenvalue weighted by atomic mass is 10.0. The zero-order valence-electron chi connectivity index (χ0n) is 13.8. The van der Waals surface area contributed by atoms with Gasteiger partial charge in [-0.25, -0.2) is 8.42 Å². The van der Waals surface area contributed by atoms with Gasteiger partial charge in [0.15, 0.2) is 0 Å². The van der Waals surface area contributed by atoms with Crippen LogP contribution in [0.4, 0.5) is 8.78 Å². The van der Waals surface area contributed by atoms with Crippen molar-refractivity contribution in [3.63, 3.8) is 0 Å². The van der Waals surface area contributed by atoms with Crippen molar-refractivity contribution in [3.05, 3.63) is 29.8 Å². The van der Waals surface area contributed by atoms with Crippen molar-refractivity contribution >= 4 is 21.7 Å². The summed E-state index contributed by atoms with van der Waals surface area (Å²) in [5, 5.41) is 2.57. The van der Waals surface area contributed by atoms with Crippen LogP contribution >= 0.6 is 0 Å². The first kappa shape index (κ1) is 20.0. The second-order valence-corrected chi connectivity index (χ2v) is 7.68. The first-order valence-corrected chi connectivity index (χ1v) is 8.67. The summed E-state index contributed by atoms with van der Waals surface area (Å²) in [6.45, 7) is 3.54. The van der Waals surface area contributed by atoms with Crippen LogP contribution in [0.15, 0.2) is 29.2 Å². The van der Waals surface area contributed by atoms with Crippen molar-refractivity contribution in [2.45, 2.75) is 30.5 Å². The minimum absolute atomic E-state index is 0.0698. The number of sulfone groups is 1. The zero-order chi connectivity index (χ0) is 18.7. The van der Waals surface area contributed by atoms with Gasteiger partial charge in [0.2, 0.25) is 15.7 Å². The third kappa shape index (κ3) is 4.50. The Morgan fingerprint density at radius 1 is 1.08 bits per heavy atom. The minimum atomic E-state index is -4.71. The van der Waals surface area contributed by atoms with Crippen LogP contribution in [0.25, 0.3) is 0 Å². The highest BCUT2D eigenvalue weighted by molar-refractivity contribution is 7.91. The molecule has 0 aliphatic heterocycles. The van der Waals surface area contributed by atoms with Crippen LogP contribution in [0.2, 0.25) is 0 Å². The van der Waals surface area contributed by atoms with E-state index in [0.717, 1.165) is 24.3 Å². The number of nitrogens with one attached hydrogen (secondary N) is 1. The van der Waals surface area contributed by atoms with Crippen LogP contribution in [0, 0.1) is 5.92 Å². The van der Waals surface area contributed by atoms with E-state index >= 15 is 0 Å². The summed E-state index contributed by atoms with van der Waals surface area (Å²) >= 11 is 0. The van der Waals surface area contributed by atoms with E-state index in [1.54, 1.807) is 27.9 Å². The molecule has 2 amide bonds. The molecule has 0 bridgehead atoms. The number of hydrogen-bond donors (Lipinski definition) is 1. The zero-order valence-corrected chi connectivity index (χ0v) is 14.6. The first-order chi connectivity index (χ1) is 11.0. The number of carbonyl (C=O) groups is 2. The summed E-state index contributed by atoms with van der Waals surface area (Å²) in [5.41, 5.74) is 0.0698. The van der Waals surface area contributed by atoms with Crippen LogP contribution in [-0.2, 0) is 14.6 Å². The number of benzene rings is 1. The van der Waals surface area contributed by atoms with Gasteiger partial charge in [-0.05, 0) is 30.2 Å². The van der Waals surface area contributed by atoms with E-state index in [4.69, 9.17) is 0 Å². The summed E-state index contributed by atoms with van der Waals surface area (Å²) < 4.78 is 47.6. The highest BCUT2D eigenvalue weighted by Crippen LogP contribution is 2.18. The SMILES string of the molecule is CC(C)[C@@H](NC(=O)c1ccc(S(=O)(=O)C(F)F)cc1)C(=O)N(C)C. The Labute approximate surface area is 139 Å². The second-order valence-electron chi connectivity index (χ2n) is 5.76. The largest absolute Gasteiger partial charge is 0.347 e. The average Bonchev–Trinajstić information content (AvgIpc) is 2.51. The summed E-state index contributed by atoms with van der Waals surface area (Å²) in [5.74, 6) is -4.57. The topological polar surface area (TPSA) is 83.5 Å². The van der Waals surface area contributed by atoms with Crippen LogP contribution in [0.3, 0.4) is 0 Å². The molecule has 0 saturated heterocycles. The lowest BCUT2D eigenvalue weighted by Gasteiger charge is -2.24. The Hall–Kier alpha value is -2.03. The van der Waals surface area contributed by atoms with Crippen LogP contribution in [-0.4, -0.2) is 51.0 Å². The van der Waals surface area contributed by atoms with Gasteiger partial charge in [0.25, 0.3) is 5.91 Å². The molecule has 0 heterocycles. The van der Waals surface area contributed by atoms with E-state index < -0.39 is 32.4 Å². The van der Waals surface area contributed by atoms with E-state index in [1.165, 1.54) is 4.90 Å². The summed E-state index contributed by atoms with van der Waals surface area (Å²) in [6.07, 6.45) is 0. The molecule has 1 atom stereocenters. The fourth-order valence-electron chi connectivity index (χ4n) is 1.92. The second kappa shape index (κ2) is 7.69. The van der Waals surface area contributed by atoms with Gasteiger partial charge in [0.05, 0.1) is 4.90 Å². The Kier molecular flexibility index (Phi) is 6.42.